The standard InChI is InChI=1S/C9H17N3O2/c1-3-5-10-6-9-11-8(12-14-9)7-13-4-2/h10H,3-7H2,1-2H3. The number of hydrogen-bond acceptors (Lipinski definition) is 5. The predicted octanol–water partition coefficient (Wildman–Crippen LogP) is 1.11. The molecule has 14 heavy (non-hydrogen) atoms. The Bertz CT molecular complexity index is 250. The molecule has 0 radical (unpaired) electrons. The molecule has 0 bridgehead atoms. The lowest BCUT2D eigenvalue weighted by Gasteiger charge is -1.95. The highest BCUT2D eigenvalue weighted by Crippen LogP contribution is 1.98. The Balaban J connectivity index is 2.27. The maximum Gasteiger partial charge on any atom is 0.240 e. The fourth-order valence-electron chi connectivity index (χ4n) is 0.986. The summed E-state index contributed by atoms with van der Waals surface area (Å²) in [6, 6.07) is 0. The highest BCUT2D eigenvalue weighted by molar-refractivity contribution is 4.83. The highest BCUT2D eigenvalue weighted by atomic mass is 16.5. The molecule has 0 aliphatic carbocycles. The summed E-state index contributed by atoms with van der Waals surface area (Å²) in [4.78, 5) is 4.15. The van der Waals surface area contributed by atoms with Crippen LogP contribution in [-0.2, 0) is 17.9 Å². The van der Waals surface area contributed by atoms with Crippen LogP contribution in [0.5, 0.6) is 0 Å². The number of ether oxygens (including phenoxy) is 1. The Hall–Kier alpha value is -0.940. The van der Waals surface area contributed by atoms with Crippen LogP contribution in [0, 0.1) is 0 Å². The van der Waals surface area contributed by atoms with E-state index in [2.05, 4.69) is 22.4 Å². The smallest absolute Gasteiger partial charge is 0.240 e. The summed E-state index contributed by atoms with van der Waals surface area (Å²) in [5.74, 6) is 1.23. The Labute approximate surface area is 83.8 Å². The molecule has 0 fully saturated rings. The van der Waals surface area contributed by atoms with E-state index >= 15 is 0 Å². The minimum absolute atomic E-state index is 0.424. The summed E-state index contributed by atoms with van der Waals surface area (Å²) in [5.41, 5.74) is 0. The normalized spacial score (nSPS) is 10.7. The predicted molar refractivity (Wildman–Crippen MR) is 51.6 cm³/mol. The minimum atomic E-state index is 0.424. The lowest BCUT2D eigenvalue weighted by molar-refractivity contribution is 0.126. The largest absolute Gasteiger partial charge is 0.374 e. The molecule has 1 heterocycles. The van der Waals surface area contributed by atoms with Crippen molar-refractivity contribution in [1.29, 1.82) is 0 Å². The van der Waals surface area contributed by atoms with Crippen LogP contribution in [0.4, 0.5) is 0 Å². The summed E-state index contributed by atoms with van der Waals surface area (Å²) in [5, 5.41) is 6.97. The Kier molecular flexibility index (Phi) is 5.17. The van der Waals surface area contributed by atoms with Gasteiger partial charge < -0.3 is 14.6 Å². The first-order chi connectivity index (χ1) is 6.86. The first-order valence-electron chi connectivity index (χ1n) is 4.96. The SMILES string of the molecule is CCCNCc1nc(COCC)no1. The van der Waals surface area contributed by atoms with Crippen molar-refractivity contribution in [3.63, 3.8) is 0 Å². The lowest BCUT2D eigenvalue weighted by atomic mass is 10.5. The van der Waals surface area contributed by atoms with Gasteiger partial charge in [0.1, 0.15) is 6.61 Å². The Morgan fingerprint density at radius 1 is 1.43 bits per heavy atom. The van der Waals surface area contributed by atoms with Gasteiger partial charge in [-0.15, -0.1) is 0 Å². The van der Waals surface area contributed by atoms with Crippen molar-refractivity contribution >= 4 is 0 Å². The second-order valence-corrected chi connectivity index (χ2v) is 2.92. The molecule has 5 heteroatoms. The summed E-state index contributed by atoms with van der Waals surface area (Å²) in [6.07, 6.45) is 1.10. The molecule has 1 aromatic heterocycles. The van der Waals surface area contributed by atoms with Gasteiger partial charge in [0.15, 0.2) is 5.82 Å². The van der Waals surface area contributed by atoms with E-state index in [1.807, 2.05) is 6.92 Å². The van der Waals surface area contributed by atoms with Gasteiger partial charge in [-0.1, -0.05) is 12.1 Å². The maximum absolute atomic E-state index is 5.15. The third-order valence-electron chi connectivity index (χ3n) is 1.65. The molecule has 0 atom stereocenters. The molecule has 0 aromatic carbocycles. The van der Waals surface area contributed by atoms with E-state index in [9.17, 15) is 0 Å². The van der Waals surface area contributed by atoms with Gasteiger partial charge >= 0.3 is 0 Å². The van der Waals surface area contributed by atoms with Crippen molar-refractivity contribution in [2.45, 2.75) is 33.4 Å². The van der Waals surface area contributed by atoms with Crippen LogP contribution < -0.4 is 5.32 Å². The van der Waals surface area contributed by atoms with Crippen molar-refractivity contribution < 1.29 is 9.26 Å². The van der Waals surface area contributed by atoms with Gasteiger partial charge in [-0.05, 0) is 19.9 Å². The topological polar surface area (TPSA) is 60.2 Å². The van der Waals surface area contributed by atoms with Crippen LogP contribution in [-0.4, -0.2) is 23.3 Å². The molecule has 0 amide bonds. The average molecular weight is 199 g/mol. The lowest BCUT2D eigenvalue weighted by Crippen LogP contribution is -2.13. The van der Waals surface area contributed by atoms with E-state index in [4.69, 9.17) is 9.26 Å². The summed E-state index contributed by atoms with van der Waals surface area (Å²) in [6.45, 7) is 6.73. The summed E-state index contributed by atoms with van der Waals surface area (Å²) < 4.78 is 10.2. The van der Waals surface area contributed by atoms with Gasteiger partial charge in [-0.2, -0.15) is 4.98 Å². The molecule has 1 N–H and O–H groups in total. The van der Waals surface area contributed by atoms with Crippen LogP contribution in [0.25, 0.3) is 0 Å². The number of rotatable bonds is 7. The molecular weight excluding hydrogens is 182 g/mol. The van der Waals surface area contributed by atoms with Crippen molar-refractivity contribution in [3.8, 4) is 0 Å². The van der Waals surface area contributed by atoms with Gasteiger partial charge in [0.05, 0.1) is 6.54 Å². The second kappa shape index (κ2) is 6.50. The number of nitrogens with zero attached hydrogens (tertiary/aromatic N) is 2. The van der Waals surface area contributed by atoms with E-state index in [0.717, 1.165) is 13.0 Å². The molecule has 0 aliphatic rings. The van der Waals surface area contributed by atoms with Gasteiger partial charge in [-0.25, -0.2) is 0 Å². The van der Waals surface area contributed by atoms with Crippen LogP contribution in [0.15, 0.2) is 4.52 Å². The third kappa shape index (κ3) is 3.85. The maximum atomic E-state index is 5.15. The fraction of sp³-hybridized carbons (Fsp3) is 0.778. The second-order valence-electron chi connectivity index (χ2n) is 2.92. The molecule has 0 saturated heterocycles. The summed E-state index contributed by atoms with van der Waals surface area (Å²) >= 11 is 0. The first-order valence-corrected chi connectivity index (χ1v) is 4.96. The summed E-state index contributed by atoms with van der Waals surface area (Å²) in [7, 11) is 0. The molecule has 0 saturated carbocycles. The number of hydrogen-bond donors (Lipinski definition) is 1. The highest BCUT2D eigenvalue weighted by Gasteiger charge is 2.04. The van der Waals surface area contributed by atoms with Crippen molar-refractivity contribution in [1.82, 2.24) is 15.5 Å². The van der Waals surface area contributed by atoms with Gasteiger partial charge in [0.2, 0.25) is 5.89 Å². The Morgan fingerprint density at radius 2 is 2.29 bits per heavy atom. The molecule has 5 nitrogen and oxygen atoms in total. The molecule has 1 rings (SSSR count). The molecule has 0 spiro atoms. The quantitative estimate of drug-likeness (QED) is 0.666. The number of nitrogens with one attached hydrogen (secondary N) is 1. The van der Waals surface area contributed by atoms with Gasteiger partial charge in [0.25, 0.3) is 0 Å². The number of aromatic nitrogens is 2. The molecular formula is C9H17N3O2. The van der Waals surface area contributed by atoms with E-state index in [1.54, 1.807) is 0 Å². The monoisotopic (exact) mass is 199 g/mol. The van der Waals surface area contributed by atoms with Crippen LogP contribution in [0.3, 0.4) is 0 Å². The molecule has 0 unspecified atom stereocenters. The van der Waals surface area contributed by atoms with Crippen LogP contribution >= 0.6 is 0 Å². The van der Waals surface area contributed by atoms with Gasteiger partial charge in [0, 0.05) is 6.61 Å². The zero-order valence-electron chi connectivity index (χ0n) is 8.75. The fourth-order valence-corrected chi connectivity index (χ4v) is 0.986. The van der Waals surface area contributed by atoms with Gasteiger partial charge in [-0.3, -0.25) is 0 Å². The first kappa shape index (κ1) is 11.1. The van der Waals surface area contributed by atoms with E-state index in [-0.39, 0.29) is 0 Å². The third-order valence-corrected chi connectivity index (χ3v) is 1.65. The zero-order valence-corrected chi connectivity index (χ0v) is 8.75. The van der Waals surface area contributed by atoms with Crippen molar-refractivity contribution in [2.75, 3.05) is 13.2 Å². The molecule has 1 aromatic rings. The van der Waals surface area contributed by atoms with E-state index in [0.29, 0.717) is 31.5 Å². The van der Waals surface area contributed by atoms with Crippen LogP contribution in [0.1, 0.15) is 32.0 Å². The van der Waals surface area contributed by atoms with Crippen molar-refractivity contribution in [2.24, 2.45) is 0 Å². The zero-order chi connectivity index (χ0) is 10.2. The Morgan fingerprint density at radius 3 is 3.00 bits per heavy atom. The van der Waals surface area contributed by atoms with E-state index < -0.39 is 0 Å². The van der Waals surface area contributed by atoms with Crippen LogP contribution in [0.2, 0.25) is 0 Å². The van der Waals surface area contributed by atoms with E-state index in [1.165, 1.54) is 0 Å². The molecule has 0 aliphatic heterocycles. The average Bonchev–Trinajstić information content (AvgIpc) is 2.63. The van der Waals surface area contributed by atoms with Crippen molar-refractivity contribution in [3.05, 3.63) is 11.7 Å². The molecule has 80 valence electrons. The minimum Gasteiger partial charge on any atom is -0.374 e.